The van der Waals surface area contributed by atoms with E-state index in [0.29, 0.717) is 5.56 Å². The Morgan fingerprint density at radius 2 is 1.74 bits per heavy atom. The third-order valence-electron chi connectivity index (χ3n) is 3.53. The smallest absolute Gasteiger partial charge is 0.416 e. The zero-order valence-electron chi connectivity index (χ0n) is 14.3. The number of carbonyl (C=O) groups excluding carboxylic acids is 2. The first-order valence-corrected chi connectivity index (χ1v) is 7.74. The van der Waals surface area contributed by atoms with Crippen LogP contribution in [0, 0.1) is 0 Å². The van der Waals surface area contributed by atoms with Crippen molar-refractivity contribution in [2.45, 2.75) is 12.7 Å². The number of alkyl halides is 3. The Bertz CT molecular complexity index is 820. The number of nitrogens with two attached hydrogens (primary N) is 1. The van der Waals surface area contributed by atoms with Crippen molar-refractivity contribution in [3.8, 4) is 11.5 Å². The van der Waals surface area contributed by atoms with Crippen LogP contribution < -0.4 is 20.5 Å². The molecule has 27 heavy (non-hydrogen) atoms. The number of ether oxygens (including phenoxy) is 2. The highest BCUT2D eigenvalue weighted by atomic mass is 19.4. The van der Waals surface area contributed by atoms with Gasteiger partial charge in [0.05, 0.1) is 12.7 Å². The quantitative estimate of drug-likeness (QED) is 0.770. The normalized spacial score (nSPS) is 11.0. The van der Waals surface area contributed by atoms with Crippen molar-refractivity contribution in [1.82, 2.24) is 5.32 Å². The summed E-state index contributed by atoms with van der Waals surface area (Å²) in [7, 11) is 1.37. The van der Waals surface area contributed by atoms with E-state index in [0.717, 1.165) is 12.1 Å². The predicted molar refractivity (Wildman–Crippen MR) is 90.3 cm³/mol. The molecule has 0 spiro atoms. The first-order valence-electron chi connectivity index (χ1n) is 7.74. The molecule has 0 atom stereocenters. The summed E-state index contributed by atoms with van der Waals surface area (Å²) in [6.07, 6.45) is -4.41. The van der Waals surface area contributed by atoms with Gasteiger partial charge in [0.1, 0.15) is 0 Å². The van der Waals surface area contributed by atoms with Gasteiger partial charge in [0.15, 0.2) is 18.1 Å². The van der Waals surface area contributed by atoms with E-state index in [1.54, 1.807) is 0 Å². The molecule has 0 aliphatic carbocycles. The molecular formula is C18H17F3N2O4. The van der Waals surface area contributed by atoms with Crippen LogP contribution in [0.4, 0.5) is 13.2 Å². The van der Waals surface area contributed by atoms with E-state index in [-0.39, 0.29) is 30.2 Å². The van der Waals surface area contributed by atoms with Crippen molar-refractivity contribution >= 4 is 11.8 Å². The Kier molecular flexibility index (Phi) is 6.27. The standard InChI is InChI=1S/C18H17F3N2O4/c1-26-15-8-12(4-7-14(15)27-10-16(22)24)17(25)23-9-11-2-5-13(6-3-11)18(19,20)21/h2-8H,9-10H2,1H3,(H2,22,24)(H,23,25). The third-order valence-corrected chi connectivity index (χ3v) is 3.53. The molecule has 0 radical (unpaired) electrons. The molecule has 6 nitrogen and oxygen atoms in total. The van der Waals surface area contributed by atoms with Crippen LogP contribution in [0.3, 0.4) is 0 Å². The first-order chi connectivity index (χ1) is 12.7. The predicted octanol–water partition coefficient (Wildman–Crippen LogP) is 2.51. The van der Waals surface area contributed by atoms with Gasteiger partial charge in [0.25, 0.3) is 11.8 Å². The fourth-order valence-corrected chi connectivity index (χ4v) is 2.17. The second-order valence-corrected chi connectivity index (χ2v) is 5.50. The minimum Gasteiger partial charge on any atom is -0.493 e. The van der Waals surface area contributed by atoms with Crippen molar-refractivity contribution in [1.29, 1.82) is 0 Å². The van der Waals surface area contributed by atoms with Crippen LogP contribution in [-0.4, -0.2) is 25.5 Å². The average molecular weight is 382 g/mol. The second kappa shape index (κ2) is 8.43. The van der Waals surface area contributed by atoms with E-state index < -0.39 is 23.6 Å². The van der Waals surface area contributed by atoms with Crippen molar-refractivity contribution < 1.29 is 32.2 Å². The zero-order valence-corrected chi connectivity index (χ0v) is 14.3. The first kappa shape index (κ1) is 20.1. The summed E-state index contributed by atoms with van der Waals surface area (Å²) >= 11 is 0. The average Bonchev–Trinajstić information content (AvgIpc) is 2.63. The monoisotopic (exact) mass is 382 g/mol. The van der Waals surface area contributed by atoms with Crippen LogP contribution in [0.1, 0.15) is 21.5 Å². The molecule has 0 saturated carbocycles. The van der Waals surface area contributed by atoms with Crippen LogP contribution in [0.5, 0.6) is 11.5 Å². The van der Waals surface area contributed by atoms with Gasteiger partial charge in [-0.3, -0.25) is 9.59 Å². The fraction of sp³-hybridized carbons (Fsp3) is 0.222. The largest absolute Gasteiger partial charge is 0.493 e. The van der Waals surface area contributed by atoms with Crippen LogP contribution in [0.2, 0.25) is 0 Å². The summed E-state index contributed by atoms with van der Waals surface area (Å²) in [5.41, 5.74) is 5.02. The van der Waals surface area contributed by atoms with Gasteiger partial charge in [0.2, 0.25) is 0 Å². The number of methoxy groups -OCH3 is 1. The van der Waals surface area contributed by atoms with E-state index in [4.69, 9.17) is 15.2 Å². The fourth-order valence-electron chi connectivity index (χ4n) is 2.17. The lowest BCUT2D eigenvalue weighted by Crippen LogP contribution is -2.23. The number of carbonyl (C=O) groups is 2. The summed E-state index contributed by atoms with van der Waals surface area (Å²) in [4.78, 5) is 23.0. The maximum atomic E-state index is 12.5. The molecule has 0 aliphatic rings. The third kappa shape index (κ3) is 5.63. The Balaban J connectivity index is 2.02. The van der Waals surface area contributed by atoms with Gasteiger partial charge >= 0.3 is 6.18 Å². The highest BCUT2D eigenvalue weighted by Crippen LogP contribution is 2.29. The Hall–Kier alpha value is -3.23. The number of halogens is 3. The van der Waals surface area contributed by atoms with E-state index in [2.05, 4.69) is 5.32 Å². The molecule has 0 saturated heterocycles. The van der Waals surface area contributed by atoms with E-state index in [1.165, 1.54) is 37.4 Å². The van der Waals surface area contributed by atoms with Gasteiger partial charge in [-0.1, -0.05) is 12.1 Å². The Labute approximate surface area is 153 Å². The van der Waals surface area contributed by atoms with Crippen LogP contribution in [0.25, 0.3) is 0 Å². The maximum absolute atomic E-state index is 12.5. The van der Waals surface area contributed by atoms with Gasteiger partial charge in [0, 0.05) is 12.1 Å². The molecule has 3 N–H and O–H groups in total. The summed E-state index contributed by atoms with van der Waals surface area (Å²) in [5.74, 6) is -0.626. The molecule has 0 bridgehead atoms. The molecule has 0 fully saturated rings. The molecule has 9 heteroatoms. The summed E-state index contributed by atoms with van der Waals surface area (Å²) in [5, 5.41) is 2.60. The summed E-state index contributed by atoms with van der Waals surface area (Å²) in [6.45, 7) is -0.283. The van der Waals surface area contributed by atoms with Gasteiger partial charge < -0.3 is 20.5 Å². The minimum absolute atomic E-state index is 0.0548. The maximum Gasteiger partial charge on any atom is 0.416 e. The molecular weight excluding hydrogens is 365 g/mol. The Morgan fingerprint density at radius 3 is 2.30 bits per heavy atom. The SMILES string of the molecule is COc1cc(C(=O)NCc2ccc(C(F)(F)F)cc2)ccc1OCC(N)=O. The number of primary amides is 1. The van der Waals surface area contributed by atoms with Gasteiger partial charge in [-0.2, -0.15) is 13.2 Å². The van der Waals surface area contributed by atoms with Crippen LogP contribution in [-0.2, 0) is 17.5 Å². The molecule has 144 valence electrons. The van der Waals surface area contributed by atoms with E-state index in [9.17, 15) is 22.8 Å². The number of hydrogen-bond acceptors (Lipinski definition) is 4. The molecule has 2 aromatic carbocycles. The minimum atomic E-state index is -4.41. The second-order valence-electron chi connectivity index (χ2n) is 5.50. The lowest BCUT2D eigenvalue weighted by atomic mass is 10.1. The molecule has 0 aromatic heterocycles. The molecule has 2 rings (SSSR count). The molecule has 0 unspecified atom stereocenters. The molecule has 0 aliphatic heterocycles. The van der Waals surface area contributed by atoms with Crippen molar-refractivity contribution in [3.63, 3.8) is 0 Å². The molecule has 2 aromatic rings. The zero-order chi connectivity index (χ0) is 20.0. The van der Waals surface area contributed by atoms with Gasteiger partial charge in [-0.25, -0.2) is 0 Å². The van der Waals surface area contributed by atoms with Crippen molar-refractivity contribution in [3.05, 3.63) is 59.2 Å². The molecule has 2 amide bonds. The molecule has 0 heterocycles. The number of hydrogen-bond donors (Lipinski definition) is 2. The van der Waals surface area contributed by atoms with Crippen molar-refractivity contribution in [2.75, 3.05) is 13.7 Å². The number of nitrogens with one attached hydrogen (secondary N) is 1. The van der Waals surface area contributed by atoms with Crippen molar-refractivity contribution in [2.24, 2.45) is 5.73 Å². The Morgan fingerprint density at radius 1 is 1.07 bits per heavy atom. The topological polar surface area (TPSA) is 90.7 Å². The summed E-state index contributed by atoms with van der Waals surface area (Å²) in [6, 6.07) is 8.83. The van der Waals surface area contributed by atoms with E-state index in [1.807, 2.05) is 0 Å². The highest BCUT2D eigenvalue weighted by Gasteiger charge is 2.29. The van der Waals surface area contributed by atoms with Crippen LogP contribution >= 0.6 is 0 Å². The van der Waals surface area contributed by atoms with E-state index >= 15 is 0 Å². The van der Waals surface area contributed by atoms with Gasteiger partial charge in [-0.05, 0) is 35.9 Å². The summed E-state index contributed by atoms with van der Waals surface area (Å²) < 4.78 is 47.9. The lowest BCUT2D eigenvalue weighted by molar-refractivity contribution is -0.137. The van der Waals surface area contributed by atoms with Crippen LogP contribution in [0.15, 0.2) is 42.5 Å². The number of benzene rings is 2. The lowest BCUT2D eigenvalue weighted by Gasteiger charge is -2.12. The highest BCUT2D eigenvalue weighted by molar-refractivity contribution is 5.94. The number of rotatable bonds is 7. The van der Waals surface area contributed by atoms with Gasteiger partial charge in [-0.15, -0.1) is 0 Å². The number of amides is 2.